The van der Waals surface area contributed by atoms with Gasteiger partial charge >= 0.3 is 11.9 Å². The lowest BCUT2D eigenvalue weighted by Gasteiger charge is -2.44. The van der Waals surface area contributed by atoms with E-state index in [2.05, 4.69) is 93.7 Å². The molecule has 0 aromatic rings. The molecule has 1 amide bonds. The van der Waals surface area contributed by atoms with Crippen molar-refractivity contribution in [2.75, 3.05) is 27.9 Å². The number of amides is 1. The highest BCUT2D eigenvalue weighted by Crippen LogP contribution is 2.43. The third-order valence-corrected chi connectivity index (χ3v) is 25.8. The van der Waals surface area contributed by atoms with E-state index in [1.807, 2.05) is 27.7 Å². The van der Waals surface area contributed by atoms with E-state index in [4.69, 9.17) is 32.5 Å². The minimum absolute atomic E-state index is 0.0201. The summed E-state index contributed by atoms with van der Waals surface area (Å²) in [7, 11) is 0.439. The second-order valence-electron chi connectivity index (χ2n) is 24.7. The van der Waals surface area contributed by atoms with E-state index in [0.29, 0.717) is 38.6 Å². The van der Waals surface area contributed by atoms with E-state index in [1.165, 1.54) is 11.8 Å². The maximum Gasteiger partial charge on any atom is 0.329 e. The quantitative estimate of drug-likeness (QED) is 0.0391. The van der Waals surface area contributed by atoms with Crippen molar-refractivity contribution >= 4 is 46.0 Å². The SMILES string of the molecule is CC[C@H](/C=C(\C)C[C@H](C)C[C@H](OC)[C@H]1OC(=O)[C@H](C)C[C@@H]1OC)C(=O)C[C@H](O[Si](C)(C)C(C)(C)C)[C@@H](C)[C@H](OC(=O)[C@@H]1CCCCN1C(=O)C(C)=O)/C(C)=C/[C@@H]1CC[C@@H](O[Si](C)(C)C(C)(C)C)[C@H](OC)C1. The Kier molecular flexibility index (Phi) is 23.7. The summed E-state index contributed by atoms with van der Waals surface area (Å²) in [6, 6.07) is -0.897. The van der Waals surface area contributed by atoms with Crippen LogP contribution in [0.25, 0.3) is 0 Å². The Labute approximate surface area is 432 Å². The second kappa shape index (κ2) is 26.8. The lowest BCUT2D eigenvalue weighted by molar-refractivity contribution is -0.189. The Morgan fingerprint density at radius 3 is 2.00 bits per heavy atom. The van der Waals surface area contributed by atoms with Crippen LogP contribution in [0.3, 0.4) is 0 Å². The highest BCUT2D eigenvalue weighted by Gasteiger charge is 2.46. The van der Waals surface area contributed by atoms with E-state index in [9.17, 15) is 24.0 Å². The zero-order valence-corrected chi connectivity index (χ0v) is 50.0. The average Bonchev–Trinajstić information content (AvgIpc) is 3.28. The van der Waals surface area contributed by atoms with Gasteiger partial charge in [-0.05, 0) is 132 Å². The van der Waals surface area contributed by atoms with Gasteiger partial charge in [-0.2, -0.15) is 0 Å². The molecule has 0 N–H and O–H groups in total. The molecule has 0 aromatic carbocycles. The first-order valence-electron chi connectivity index (χ1n) is 26.9. The molecule has 13 nitrogen and oxygen atoms in total. The smallest absolute Gasteiger partial charge is 0.329 e. The fraction of sp³-hybridized carbons (Fsp3) is 0.839. The van der Waals surface area contributed by atoms with Crippen molar-refractivity contribution in [2.24, 2.45) is 29.6 Å². The summed E-state index contributed by atoms with van der Waals surface area (Å²) >= 11 is 0. The predicted molar refractivity (Wildman–Crippen MR) is 286 cm³/mol. The summed E-state index contributed by atoms with van der Waals surface area (Å²) in [5.74, 6) is -2.83. The number of hydrogen-bond acceptors (Lipinski definition) is 12. The highest BCUT2D eigenvalue weighted by atomic mass is 28.4. The lowest BCUT2D eigenvalue weighted by atomic mass is 9.81. The van der Waals surface area contributed by atoms with Crippen LogP contribution in [-0.4, -0.2) is 128 Å². The summed E-state index contributed by atoms with van der Waals surface area (Å²) in [6.45, 7) is 35.9. The number of ketones is 2. The molecule has 13 atom stereocenters. The van der Waals surface area contributed by atoms with Crippen molar-refractivity contribution < 1.29 is 56.5 Å². The van der Waals surface area contributed by atoms with Crippen LogP contribution in [0.5, 0.6) is 0 Å². The van der Waals surface area contributed by atoms with Gasteiger partial charge in [0, 0.05) is 53.1 Å². The Morgan fingerprint density at radius 1 is 0.831 bits per heavy atom. The fourth-order valence-electron chi connectivity index (χ4n) is 10.3. The topological polar surface area (TPSA) is 153 Å². The van der Waals surface area contributed by atoms with Crippen molar-refractivity contribution in [3.05, 3.63) is 23.3 Å². The van der Waals surface area contributed by atoms with Crippen LogP contribution in [-0.2, 0) is 56.5 Å². The molecule has 0 radical (unpaired) electrons. The summed E-state index contributed by atoms with van der Waals surface area (Å²) in [5, 5.41) is -0.129. The number of allylic oxidation sites excluding steroid dienone is 3. The van der Waals surface area contributed by atoms with E-state index in [0.717, 1.165) is 43.3 Å². The Morgan fingerprint density at radius 2 is 1.45 bits per heavy atom. The standard InChI is InChI=1S/C56H99NO12Si2/c1-21-42(29-35(2)28-36(3)30-48(64-15)51-49(65-16)32-38(5)53(61)67-51)44(59)34-46(69-71(19,20)56(11,12)13)39(6)50(66-54(62)43-24-22-23-27-57(43)52(60)40(7)58)37(4)31-41-25-26-45(47(33-41)63-14)68-70(17,18)55(8,9)10/h29,31,36,38-39,41-43,45-51H,21-28,30,32-34H2,1-20H3/b35-29+,37-31+/t36-,38+,39+,41-,42+,43-,45+,46-,47+,48-,49-,50+,51+/m0/s1. The molecule has 0 bridgehead atoms. The van der Waals surface area contributed by atoms with E-state index in [-0.39, 0.29) is 76.3 Å². The summed E-state index contributed by atoms with van der Waals surface area (Å²) in [6.07, 6.45) is 8.60. The summed E-state index contributed by atoms with van der Waals surface area (Å²) in [4.78, 5) is 68.9. The van der Waals surface area contributed by atoms with Gasteiger partial charge in [0.15, 0.2) is 22.7 Å². The number of methoxy groups -OCH3 is 3. The minimum atomic E-state index is -2.53. The zero-order chi connectivity index (χ0) is 54.0. The molecule has 1 aliphatic carbocycles. The first-order chi connectivity index (χ1) is 32.8. The molecule has 0 aromatic heterocycles. The number of likely N-dealkylation sites (tertiary alicyclic amines) is 1. The maximum absolute atomic E-state index is 14.8. The van der Waals surface area contributed by atoms with Gasteiger partial charge < -0.3 is 37.4 Å². The molecule has 0 spiro atoms. The predicted octanol–water partition coefficient (Wildman–Crippen LogP) is 11.4. The van der Waals surface area contributed by atoms with Crippen molar-refractivity contribution in [1.82, 2.24) is 4.90 Å². The molecular weight excluding hydrogens is 935 g/mol. The number of rotatable bonds is 24. The first-order valence-corrected chi connectivity index (χ1v) is 32.7. The molecule has 2 heterocycles. The van der Waals surface area contributed by atoms with Gasteiger partial charge in [0.2, 0.25) is 5.78 Å². The van der Waals surface area contributed by atoms with Crippen LogP contribution >= 0.6 is 0 Å². The van der Waals surface area contributed by atoms with Crippen molar-refractivity contribution in [3.8, 4) is 0 Å². The Bertz CT molecular complexity index is 1850. The molecule has 3 fully saturated rings. The summed E-state index contributed by atoms with van der Waals surface area (Å²) < 4.78 is 44.5. The largest absolute Gasteiger partial charge is 0.457 e. The molecule has 408 valence electrons. The van der Waals surface area contributed by atoms with Gasteiger partial charge in [-0.25, -0.2) is 4.79 Å². The molecule has 1 saturated carbocycles. The normalized spacial score (nSPS) is 27.0. The molecular formula is C56H99NO12Si2. The van der Waals surface area contributed by atoms with Gasteiger partial charge in [0.05, 0.1) is 36.4 Å². The third-order valence-electron chi connectivity index (χ3n) is 16.8. The van der Waals surface area contributed by atoms with Crippen LogP contribution in [0.15, 0.2) is 23.3 Å². The number of carbonyl (C=O) groups excluding carboxylic acids is 5. The maximum atomic E-state index is 14.8. The van der Waals surface area contributed by atoms with Crippen LogP contribution in [0.1, 0.15) is 161 Å². The van der Waals surface area contributed by atoms with Crippen LogP contribution in [0, 0.1) is 29.6 Å². The van der Waals surface area contributed by atoms with Gasteiger partial charge in [-0.1, -0.05) is 87.0 Å². The van der Waals surface area contributed by atoms with Crippen molar-refractivity contribution in [2.45, 2.75) is 246 Å². The van der Waals surface area contributed by atoms with Crippen LogP contribution < -0.4 is 0 Å². The van der Waals surface area contributed by atoms with Crippen LogP contribution in [0.4, 0.5) is 0 Å². The molecule has 0 unspecified atom stereocenters. The van der Waals surface area contributed by atoms with Crippen molar-refractivity contribution in [1.29, 1.82) is 0 Å². The zero-order valence-electron chi connectivity index (χ0n) is 48.0. The number of cyclic esters (lactones) is 1. The fourth-order valence-corrected chi connectivity index (χ4v) is 13.0. The van der Waals surface area contributed by atoms with E-state index >= 15 is 0 Å². The summed E-state index contributed by atoms with van der Waals surface area (Å²) in [5.41, 5.74) is 1.94. The number of ether oxygens (including phenoxy) is 5. The molecule has 2 saturated heterocycles. The molecule has 71 heavy (non-hydrogen) atoms. The number of piperidine rings is 1. The monoisotopic (exact) mass is 1030 g/mol. The minimum Gasteiger partial charge on any atom is -0.457 e. The van der Waals surface area contributed by atoms with Gasteiger partial charge in [-0.15, -0.1) is 0 Å². The van der Waals surface area contributed by atoms with E-state index in [1.54, 1.807) is 21.3 Å². The average molecular weight is 1030 g/mol. The van der Waals surface area contributed by atoms with Gasteiger partial charge in [-0.3, -0.25) is 19.2 Å². The molecule has 3 aliphatic rings. The number of nitrogens with zero attached hydrogens (tertiary/aromatic N) is 1. The number of hydrogen-bond donors (Lipinski definition) is 0. The molecule has 2 aliphatic heterocycles. The lowest BCUT2D eigenvalue weighted by Crippen LogP contribution is -2.52. The first kappa shape index (κ1) is 62.8. The Balaban J connectivity index is 2.01. The van der Waals surface area contributed by atoms with Crippen molar-refractivity contribution in [3.63, 3.8) is 0 Å². The van der Waals surface area contributed by atoms with Gasteiger partial charge in [0.25, 0.3) is 5.91 Å². The highest BCUT2D eigenvalue weighted by molar-refractivity contribution is 6.74. The Hall–Kier alpha value is -2.54. The van der Waals surface area contributed by atoms with E-state index < -0.39 is 64.6 Å². The third kappa shape index (κ3) is 17.2. The number of Topliss-reactive ketones (excluding diaryl/α,β-unsaturated/α-hetero) is 2. The number of esters is 2. The molecule has 15 heteroatoms. The van der Waals surface area contributed by atoms with Gasteiger partial charge in [0.1, 0.15) is 17.9 Å². The van der Waals surface area contributed by atoms with Crippen LogP contribution in [0.2, 0.25) is 36.3 Å². The second-order valence-corrected chi connectivity index (χ2v) is 34.2. The number of carbonyl (C=O) groups is 5. The molecule has 3 rings (SSSR count).